The van der Waals surface area contributed by atoms with Crippen molar-refractivity contribution in [2.75, 3.05) is 25.0 Å². The predicted octanol–water partition coefficient (Wildman–Crippen LogP) is 1.98. The van der Waals surface area contributed by atoms with E-state index in [4.69, 9.17) is 11.6 Å². The maximum atomic E-state index is 12.0. The van der Waals surface area contributed by atoms with Crippen LogP contribution in [0.15, 0.2) is 23.6 Å². The summed E-state index contributed by atoms with van der Waals surface area (Å²) in [6.45, 7) is 9.19. The first-order valence-electron chi connectivity index (χ1n) is 6.98. The van der Waals surface area contributed by atoms with Crippen molar-refractivity contribution in [2.45, 2.75) is 32.4 Å². The highest BCUT2D eigenvalue weighted by Crippen LogP contribution is 2.17. The van der Waals surface area contributed by atoms with Crippen molar-refractivity contribution < 1.29 is 0 Å². The summed E-state index contributed by atoms with van der Waals surface area (Å²) in [7, 11) is 0. The molecule has 0 radical (unpaired) electrons. The Bertz CT molecular complexity index is 522. The fourth-order valence-corrected chi connectivity index (χ4v) is 2.62. The second-order valence-electron chi connectivity index (χ2n) is 5.12. The number of hydrogen-bond acceptors (Lipinski definition) is 4. The van der Waals surface area contributed by atoms with Gasteiger partial charge in [0, 0.05) is 12.6 Å². The van der Waals surface area contributed by atoms with Crippen LogP contribution in [-0.2, 0) is 6.54 Å². The second kappa shape index (κ2) is 6.90. The summed E-state index contributed by atoms with van der Waals surface area (Å²) < 4.78 is 1.30. The van der Waals surface area contributed by atoms with Crippen LogP contribution in [0, 0.1) is 0 Å². The summed E-state index contributed by atoms with van der Waals surface area (Å²) in [4.78, 5) is 14.4. The molecule has 110 valence electrons. The van der Waals surface area contributed by atoms with Crippen molar-refractivity contribution in [3.8, 4) is 0 Å². The molecule has 0 spiro atoms. The van der Waals surface area contributed by atoms with Gasteiger partial charge in [0.25, 0.3) is 5.56 Å². The summed E-state index contributed by atoms with van der Waals surface area (Å²) in [5.41, 5.74) is 0.313. The van der Waals surface area contributed by atoms with Gasteiger partial charge in [0.05, 0.1) is 18.4 Å². The van der Waals surface area contributed by atoms with Gasteiger partial charge in [-0.2, -0.15) is 5.10 Å². The SMILES string of the molecule is C=CCn1ncc(NCC(C)N2CCCC2)c(Cl)c1=O. The molecule has 1 unspecified atom stereocenters. The van der Waals surface area contributed by atoms with E-state index in [1.165, 1.54) is 17.5 Å². The number of anilines is 1. The lowest BCUT2D eigenvalue weighted by molar-refractivity contribution is 0.269. The van der Waals surface area contributed by atoms with Gasteiger partial charge in [-0.3, -0.25) is 9.69 Å². The van der Waals surface area contributed by atoms with E-state index in [-0.39, 0.29) is 10.6 Å². The monoisotopic (exact) mass is 296 g/mol. The lowest BCUT2D eigenvalue weighted by atomic mass is 10.3. The van der Waals surface area contributed by atoms with E-state index >= 15 is 0 Å². The minimum Gasteiger partial charge on any atom is -0.381 e. The Balaban J connectivity index is 2.00. The van der Waals surface area contributed by atoms with E-state index in [2.05, 4.69) is 28.8 Å². The van der Waals surface area contributed by atoms with Crippen LogP contribution in [0.1, 0.15) is 19.8 Å². The topological polar surface area (TPSA) is 50.2 Å². The maximum absolute atomic E-state index is 12.0. The molecule has 5 nitrogen and oxygen atoms in total. The zero-order valence-electron chi connectivity index (χ0n) is 11.8. The van der Waals surface area contributed by atoms with Crippen LogP contribution in [0.25, 0.3) is 0 Å². The molecular weight excluding hydrogens is 276 g/mol. The molecule has 1 fully saturated rings. The van der Waals surface area contributed by atoms with Gasteiger partial charge in [-0.05, 0) is 32.9 Å². The Kier molecular flexibility index (Phi) is 5.20. The molecule has 2 rings (SSSR count). The van der Waals surface area contributed by atoms with Crippen molar-refractivity contribution in [3.05, 3.63) is 34.2 Å². The number of halogens is 1. The number of aromatic nitrogens is 2. The number of hydrogen-bond donors (Lipinski definition) is 1. The Morgan fingerprint density at radius 3 is 2.90 bits per heavy atom. The minimum absolute atomic E-state index is 0.190. The Morgan fingerprint density at radius 1 is 1.55 bits per heavy atom. The highest BCUT2D eigenvalue weighted by Gasteiger charge is 2.18. The average molecular weight is 297 g/mol. The first-order chi connectivity index (χ1) is 9.63. The third kappa shape index (κ3) is 3.41. The zero-order valence-corrected chi connectivity index (χ0v) is 12.6. The third-order valence-electron chi connectivity index (χ3n) is 3.64. The van der Waals surface area contributed by atoms with Crippen molar-refractivity contribution in [1.82, 2.24) is 14.7 Å². The summed E-state index contributed by atoms with van der Waals surface area (Å²) >= 11 is 6.09. The summed E-state index contributed by atoms with van der Waals surface area (Å²) in [6.07, 6.45) is 5.76. The fraction of sp³-hybridized carbons (Fsp3) is 0.571. The van der Waals surface area contributed by atoms with E-state index in [0.717, 1.165) is 19.6 Å². The van der Waals surface area contributed by atoms with Crippen LogP contribution >= 0.6 is 11.6 Å². The molecule has 1 atom stereocenters. The smallest absolute Gasteiger partial charge is 0.287 e. The highest BCUT2D eigenvalue weighted by molar-refractivity contribution is 6.32. The molecule has 1 aromatic heterocycles. The predicted molar refractivity (Wildman–Crippen MR) is 82.5 cm³/mol. The van der Waals surface area contributed by atoms with Crippen LogP contribution in [0.3, 0.4) is 0 Å². The Morgan fingerprint density at radius 2 is 2.25 bits per heavy atom. The molecule has 6 heteroatoms. The van der Waals surface area contributed by atoms with Gasteiger partial charge in [-0.15, -0.1) is 6.58 Å². The highest BCUT2D eigenvalue weighted by atomic mass is 35.5. The second-order valence-corrected chi connectivity index (χ2v) is 5.50. The lowest BCUT2D eigenvalue weighted by Gasteiger charge is -2.24. The first kappa shape index (κ1) is 15.1. The standard InChI is InChI=1S/C14H21ClN4O/c1-3-6-19-14(20)13(15)12(10-17-19)16-9-11(2)18-7-4-5-8-18/h3,10-11,16H,1,4-9H2,2H3. The largest absolute Gasteiger partial charge is 0.381 e. The minimum atomic E-state index is -0.287. The van der Waals surface area contributed by atoms with Crippen LogP contribution in [0.5, 0.6) is 0 Å². The van der Waals surface area contributed by atoms with Gasteiger partial charge in [-0.25, -0.2) is 4.68 Å². The third-order valence-corrected chi connectivity index (χ3v) is 4.00. The molecule has 0 saturated carbocycles. The molecule has 0 amide bonds. The van der Waals surface area contributed by atoms with E-state index in [0.29, 0.717) is 18.3 Å². The van der Waals surface area contributed by atoms with Gasteiger partial charge >= 0.3 is 0 Å². The first-order valence-corrected chi connectivity index (χ1v) is 7.35. The molecule has 1 aromatic rings. The van der Waals surface area contributed by atoms with Crippen LogP contribution in [0.2, 0.25) is 5.02 Å². The van der Waals surface area contributed by atoms with Crippen LogP contribution in [-0.4, -0.2) is 40.4 Å². The fourth-order valence-electron chi connectivity index (χ4n) is 2.41. The molecule has 1 aliphatic heterocycles. The van der Waals surface area contributed by atoms with Gasteiger partial charge in [0.15, 0.2) is 0 Å². The number of likely N-dealkylation sites (tertiary alicyclic amines) is 1. The molecule has 1 aliphatic rings. The van der Waals surface area contributed by atoms with Crippen molar-refractivity contribution in [1.29, 1.82) is 0 Å². The van der Waals surface area contributed by atoms with E-state index in [9.17, 15) is 4.79 Å². The maximum Gasteiger partial charge on any atom is 0.287 e. The average Bonchev–Trinajstić information content (AvgIpc) is 2.97. The van der Waals surface area contributed by atoms with Crippen LogP contribution < -0.4 is 10.9 Å². The van der Waals surface area contributed by atoms with E-state index in [1.807, 2.05) is 0 Å². The van der Waals surface area contributed by atoms with Crippen molar-refractivity contribution in [2.24, 2.45) is 0 Å². The zero-order chi connectivity index (χ0) is 14.5. The molecule has 2 heterocycles. The number of rotatable bonds is 6. The van der Waals surface area contributed by atoms with Gasteiger partial charge in [-0.1, -0.05) is 17.7 Å². The van der Waals surface area contributed by atoms with E-state index < -0.39 is 0 Å². The summed E-state index contributed by atoms with van der Waals surface area (Å²) in [6, 6.07) is 0.421. The number of nitrogens with one attached hydrogen (secondary N) is 1. The Labute approximate surface area is 124 Å². The van der Waals surface area contributed by atoms with Gasteiger partial charge in [0.2, 0.25) is 0 Å². The van der Waals surface area contributed by atoms with E-state index in [1.54, 1.807) is 12.3 Å². The summed E-state index contributed by atoms with van der Waals surface area (Å²) in [5, 5.41) is 7.49. The quantitative estimate of drug-likeness (QED) is 0.816. The molecule has 0 bridgehead atoms. The molecule has 20 heavy (non-hydrogen) atoms. The van der Waals surface area contributed by atoms with Crippen molar-refractivity contribution in [3.63, 3.8) is 0 Å². The van der Waals surface area contributed by atoms with Crippen molar-refractivity contribution >= 4 is 17.3 Å². The molecule has 0 aromatic carbocycles. The number of allylic oxidation sites excluding steroid dienone is 1. The summed E-state index contributed by atoms with van der Waals surface area (Å²) in [5.74, 6) is 0. The lowest BCUT2D eigenvalue weighted by Crippen LogP contribution is -2.36. The normalized spacial score (nSPS) is 17.1. The number of nitrogens with zero attached hydrogens (tertiary/aromatic N) is 3. The molecule has 1 saturated heterocycles. The van der Waals surface area contributed by atoms with Crippen LogP contribution in [0.4, 0.5) is 5.69 Å². The molecular formula is C14H21ClN4O. The van der Waals surface area contributed by atoms with Gasteiger partial charge < -0.3 is 5.32 Å². The molecule has 0 aliphatic carbocycles. The van der Waals surface area contributed by atoms with Gasteiger partial charge in [0.1, 0.15) is 5.02 Å². The Hall–Kier alpha value is -1.33. The molecule has 1 N–H and O–H groups in total.